The number of benzene rings is 2. The van der Waals surface area contributed by atoms with E-state index in [0.717, 1.165) is 0 Å². The van der Waals surface area contributed by atoms with Crippen LogP contribution in [0.3, 0.4) is 0 Å². The van der Waals surface area contributed by atoms with Crippen molar-refractivity contribution >= 4 is 29.7 Å². The van der Waals surface area contributed by atoms with Crippen LogP contribution >= 0.6 is 0 Å². The topological polar surface area (TPSA) is 330 Å². The third-order valence-electron chi connectivity index (χ3n) is 7.14. The number of aliphatic carboxylic acids is 1. The first kappa shape index (κ1) is 49.7. The summed E-state index contributed by atoms with van der Waals surface area (Å²) in [5.74, 6) is -5.56. The molecule has 3 amide bonds. The van der Waals surface area contributed by atoms with Crippen LogP contribution in [0.2, 0.25) is 0 Å². The molecular formula is C34H43F3N10O13. The highest BCUT2D eigenvalue weighted by atomic mass is 19.4. The van der Waals surface area contributed by atoms with Gasteiger partial charge in [0.2, 0.25) is 0 Å². The molecule has 0 aliphatic rings. The summed E-state index contributed by atoms with van der Waals surface area (Å²) in [7, 11) is 0. The fourth-order valence-electron chi connectivity index (χ4n) is 4.49. The molecule has 0 saturated heterocycles. The Bertz CT molecular complexity index is 1810. The Kier molecular flexibility index (Phi) is 22.6. The van der Waals surface area contributed by atoms with Gasteiger partial charge in [-0.15, -0.1) is 0 Å². The monoisotopic (exact) mass is 856 g/mol. The van der Waals surface area contributed by atoms with Crippen LogP contribution < -0.4 is 31.2 Å². The molecule has 0 heterocycles. The van der Waals surface area contributed by atoms with Crippen molar-refractivity contribution in [1.82, 2.24) is 16.0 Å². The summed E-state index contributed by atoms with van der Waals surface area (Å²) >= 11 is 0. The lowest BCUT2D eigenvalue weighted by Crippen LogP contribution is -2.45. The average molecular weight is 857 g/mol. The number of carbonyl (C=O) groups is 5. The average Bonchev–Trinajstić information content (AvgIpc) is 3.22. The Morgan fingerprint density at radius 1 is 0.750 bits per heavy atom. The maximum atomic E-state index is 12.7. The van der Waals surface area contributed by atoms with Crippen LogP contribution in [0, 0.1) is 0 Å². The van der Waals surface area contributed by atoms with Crippen molar-refractivity contribution < 1.29 is 75.4 Å². The molecule has 6 N–H and O–H groups in total. The van der Waals surface area contributed by atoms with Crippen LogP contribution in [0.25, 0.3) is 20.9 Å². The standard InChI is InChI=1S/C34H43F3N10O13/c1-2-54-32(52)28(27(31(50)51)57-15-13-55-25(44-46-39)19-59-23-7-3-5-21(17-23)29(48)41-10-9-38)58-16-14-56-26(45-47-40)20-60-24-8-4-6-22(18-24)30(49)42-11-12-43-33(53)34(35,36)37/h3-8,17-18,25-28H,2,9-16,19-20,38H2,1H3,(H,41,48)(H,42,49)(H,43,53)(H,50,51). The molecule has 0 spiro atoms. The Morgan fingerprint density at radius 2 is 1.22 bits per heavy atom. The summed E-state index contributed by atoms with van der Waals surface area (Å²) in [5.41, 5.74) is 23.7. The Balaban J connectivity index is 1.91. The van der Waals surface area contributed by atoms with Crippen molar-refractivity contribution in [3.63, 3.8) is 0 Å². The summed E-state index contributed by atoms with van der Waals surface area (Å²) in [5, 5.41) is 23.4. The van der Waals surface area contributed by atoms with E-state index in [1.54, 1.807) is 23.5 Å². The van der Waals surface area contributed by atoms with Crippen LogP contribution in [0.1, 0.15) is 27.6 Å². The number of rotatable bonds is 29. The third kappa shape index (κ3) is 18.9. The highest BCUT2D eigenvalue weighted by Crippen LogP contribution is 2.17. The molecule has 26 heteroatoms. The molecule has 0 saturated carbocycles. The van der Waals surface area contributed by atoms with Crippen LogP contribution in [0.4, 0.5) is 13.2 Å². The van der Waals surface area contributed by atoms with Gasteiger partial charge in [-0.1, -0.05) is 22.4 Å². The maximum absolute atomic E-state index is 12.7. The van der Waals surface area contributed by atoms with Gasteiger partial charge in [-0.25, -0.2) is 9.59 Å². The van der Waals surface area contributed by atoms with Gasteiger partial charge in [0.05, 0.1) is 33.0 Å². The molecule has 0 aromatic heterocycles. The fraction of sp³-hybridized carbons (Fsp3) is 0.500. The Morgan fingerprint density at radius 3 is 1.67 bits per heavy atom. The van der Waals surface area contributed by atoms with E-state index in [1.807, 2.05) is 0 Å². The lowest BCUT2D eigenvalue weighted by Gasteiger charge is -2.23. The highest BCUT2D eigenvalue weighted by molar-refractivity contribution is 5.95. The van der Waals surface area contributed by atoms with E-state index in [9.17, 15) is 42.3 Å². The number of alkyl halides is 3. The van der Waals surface area contributed by atoms with Crippen molar-refractivity contribution in [3.05, 3.63) is 80.5 Å². The minimum atomic E-state index is -5.06. The number of carbonyl (C=O) groups excluding carboxylic acids is 4. The number of halogens is 3. The molecule has 60 heavy (non-hydrogen) atoms. The summed E-state index contributed by atoms with van der Waals surface area (Å²) in [6, 6.07) is 11.6. The fourth-order valence-corrected chi connectivity index (χ4v) is 4.49. The minimum Gasteiger partial charge on any atom is -0.491 e. The maximum Gasteiger partial charge on any atom is 0.471 e. The summed E-state index contributed by atoms with van der Waals surface area (Å²) in [6.45, 7) is -1.25. The number of nitrogens with two attached hydrogens (primary N) is 1. The molecule has 328 valence electrons. The highest BCUT2D eigenvalue weighted by Gasteiger charge is 2.38. The van der Waals surface area contributed by atoms with Gasteiger partial charge in [-0.05, 0) is 54.4 Å². The number of amides is 3. The number of esters is 1. The zero-order valence-corrected chi connectivity index (χ0v) is 31.9. The Labute approximate surface area is 339 Å². The van der Waals surface area contributed by atoms with E-state index in [4.69, 9.17) is 50.0 Å². The number of nitrogens with one attached hydrogen (secondary N) is 3. The van der Waals surface area contributed by atoms with Gasteiger partial charge in [0, 0.05) is 47.1 Å². The Hall–Kier alpha value is -6.40. The number of carboxylic acids is 1. The van der Waals surface area contributed by atoms with Crippen LogP contribution in [0.5, 0.6) is 11.5 Å². The molecule has 0 radical (unpaired) electrons. The van der Waals surface area contributed by atoms with E-state index >= 15 is 0 Å². The molecule has 2 aromatic rings. The van der Waals surface area contributed by atoms with E-state index in [2.05, 4.69) is 30.7 Å². The van der Waals surface area contributed by atoms with Gasteiger partial charge >= 0.3 is 24.0 Å². The lowest BCUT2D eigenvalue weighted by molar-refractivity contribution is -0.183. The van der Waals surface area contributed by atoms with E-state index in [0.29, 0.717) is 0 Å². The minimum absolute atomic E-state index is 0.0462. The van der Waals surface area contributed by atoms with Crippen molar-refractivity contribution in [2.24, 2.45) is 16.0 Å². The van der Waals surface area contributed by atoms with E-state index in [-0.39, 0.29) is 74.6 Å². The molecule has 2 rings (SSSR count). The van der Waals surface area contributed by atoms with Gasteiger partial charge in [-0.3, -0.25) is 14.4 Å². The molecule has 2 aromatic carbocycles. The number of hydrogen-bond acceptors (Lipinski definition) is 15. The van der Waals surface area contributed by atoms with Crippen LogP contribution in [0.15, 0.2) is 58.8 Å². The first-order chi connectivity index (χ1) is 28.7. The van der Waals surface area contributed by atoms with Crippen LogP contribution in [-0.4, -0.2) is 138 Å². The number of ether oxygens (including phenoxy) is 7. The quantitative estimate of drug-likeness (QED) is 0.0257. The molecule has 4 unspecified atom stereocenters. The SMILES string of the molecule is CCOC(=O)C(OCCOC(COc1cccc(C(=O)NCCNC(=O)C(F)(F)F)c1)N=[N+]=[N-])C(OCCOC(COc1cccc(C(=O)NCCN)c1)N=[N+]=[N-])C(=O)O. The summed E-state index contributed by atoms with van der Waals surface area (Å²) in [6.07, 6.45) is -11.3. The first-order valence-electron chi connectivity index (χ1n) is 17.7. The molecule has 4 atom stereocenters. The number of hydrogen-bond donors (Lipinski definition) is 5. The molecule has 23 nitrogen and oxygen atoms in total. The second kappa shape index (κ2) is 27.3. The molecule has 0 fully saturated rings. The van der Waals surface area contributed by atoms with Crippen molar-refractivity contribution in [2.75, 3.05) is 72.4 Å². The first-order valence-corrected chi connectivity index (χ1v) is 17.7. The second-order valence-electron chi connectivity index (χ2n) is 11.5. The van der Waals surface area contributed by atoms with Gasteiger partial charge in [0.15, 0.2) is 24.7 Å². The predicted octanol–water partition coefficient (Wildman–Crippen LogP) is 1.97. The normalized spacial score (nSPS) is 12.9. The molecule has 0 bridgehead atoms. The van der Waals surface area contributed by atoms with Crippen LogP contribution in [-0.2, 0) is 38.1 Å². The molecule has 0 aliphatic carbocycles. The van der Waals surface area contributed by atoms with Gasteiger partial charge in [0.25, 0.3) is 11.8 Å². The predicted molar refractivity (Wildman–Crippen MR) is 198 cm³/mol. The molecular weight excluding hydrogens is 813 g/mol. The molecule has 0 aliphatic heterocycles. The van der Waals surface area contributed by atoms with E-state index < -0.39 is 81.0 Å². The number of nitrogens with zero attached hydrogens (tertiary/aromatic N) is 6. The lowest BCUT2D eigenvalue weighted by atomic mass is 10.2. The van der Waals surface area contributed by atoms with Crippen molar-refractivity contribution in [2.45, 2.75) is 37.8 Å². The van der Waals surface area contributed by atoms with Crippen molar-refractivity contribution in [1.29, 1.82) is 0 Å². The third-order valence-corrected chi connectivity index (χ3v) is 7.14. The largest absolute Gasteiger partial charge is 0.491 e. The summed E-state index contributed by atoms with van der Waals surface area (Å²) in [4.78, 5) is 65.7. The van der Waals surface area contributed by atoms with Crippen molar-refractivity contribution in [3.8, 4) is 11.5 Å². The number of azide groups is 2. The van der Waals surface area contributed by atoms with Gasteiger partial charge < -0.3 is 59.9 Å². The van der Waals surface area contributed by atoms with Gasteiger partial charge in [-0.2, -0.15) is 13.2 Å². The summed E-state index contributed by atoms with van der Waals surface area (Å²) < 4.78 is 74.8. The second-order valence-corrected chi connectivity index (χ2v) is 11.5. The zero-order valence-electron chi connectivity index (χ0n) is 31.9. The van der Waals surface area contributed by atoms with E-state index in [1.165, 1.54) is 37.3 Å². The zero-order chi connectivity index (χ0) is 44.3. The smallest absolute Gasteiger partial charge is 0.471 e. The van der Waals surface area contributed by atoms with Gasteiger partial charge in [0.1, 0.15) is 24.7 Å². The number of carboxylic acid groups (broad SMARTS) is 1.